The summed E-state index contributed by atoms with van der Waals surface area (Å²) in [5.74, 6) is -1.21. The van der Waals surface area contributed by atoms with Crippen LogP contribution in [-0.4, -0.2) is 33.3 Å². The second kappa shape index (κ2) is 8.64. The Bertz CT molecular complexity index is 1200. The highest BCUT2D eigenvalue weighted by Crippen LogP contribution is 2.36. The number of aromatic amines is 1. The fraction of sp³-hybridized carbons (Fsp3) is 0.250. The molecule has 13 heteroatoms. The molecule has 2 heterocycles. The molecule has 176 valence electrons. The van der Waals surface area contributed by atoms with Crippen molar-refractivity contribution in [2.45, 2.75) is 31.9 Å². The lowest BCUT2D eigenvalue weighted by Gasteiger charge is -2.22. The van der Waals surface area contributed by atoms with Gasteiger partial charge in [0.25, 0.3) is 5.91 Å². The Labute approximate surface area is 181 Å². The van der Waals surface area contributed by atoms with Gasteiger partial charge < -0.3 is 20.7 Å². The van der Waals surface area contributed by atoms with Crippen molar-refractivity contribution in [3.8, 4) is 0 Å². The summed E-state index contributed by atoms with van der Waals surface area (Å²) in [5.41, 5.74) is -1.30. The molecule has 4 N–H and O–H groups in total. The van der Waals surface area contributed by atoms with Crippen molar-refractivity contribution in [3.63, 3.8) is 0 Å². The smallest absolute Gasteiger partial charge is 0.416 e. The number of pyridine rings is 1. The first-order valence-corrected chi connectivity index (χ1v) is 9.26. The maximum absolute atomic E-state index is 13.6. The number of aryl methyl sites for hydroxylation is 1. The number of aromatic nitrogens is 2. The third-order valence-electron chi connectivity index (χ3n) is 4.73. The quantitative estimate of drug-likeness (QED) is 0.403. The van der Waals surface area contributed by atoms with Gasteiger partial charge in [-0.25, -0.2) is 9.78 Å². The number of fused-ring (bicyclic) bond motifs is 1. The molecule has 0 bridgehead atoms. The molecule has 7 nitrogen and oxygen atoms in total. The number of carbonyl (C=O) groups is 2. The summed E-state index contributed by atoms with van der Waals surface area (Å²) >= 11 is 0. The van der Waals surface area contributed by atoms with Crippen LogP contribution < -0.4 is 10.6 Å². The molecule has 3 rings (SSSR count). The summed E-state index contributed by atoms with van der Waals surface area (Å²) in [6.07, 6.45) is -11.2. The number of nitrogens with one attached hydrogen (secondary N) is 3. The Morgan fingerprint density at radius 1 is 1.12 bits per heavy atom. The number of nitrogens with zero attached hydrogens (tertiary/aromatic N) is 1. The van der Waals surface area contributed by atoms with Gasteiger partial charge in [-0.05, 0) is 42.3 Å². The molecule has 2 aromatic heterocycles. The first kappa shape index (κ1) is 23.9. The third-order valence-corrected chi connectivity index (χ3v) is 4.73. The van der Waals surface area contributed by atoms with E-state index >= 15 is 0 Å². The Kier molecular flexibility index (Phi) is 6.25. The minimum Gasteiger partial charge on any atom is -0.465 e. The first-order chi connectivity index (χ1) is 15.3. The van der Waals surface area contributed by atoms with Crippen LogP contribution in [0.1, 0.15) is 38.9 Å². The lowest BCUT2D eigenvalue weighted by molar-refractivity contribution is -0.156. The molecule has 0 fully saturated rings. The van der Waals surface area contributed by atoms with Crippen LogP contribution in [0.15, 0.2) is 36.4 Å². The number of rotatable bonds is 5. The molecule has 1 aromatic carbocycles. The number of amides is 2. The number of benzene rings is 1. The normalized spacial score (nSPS) is 13.1. The van der Waals surface area contributed by atoms with Gasteiger partial charge >= 0.3 is 18.4 Å². The monoisotopic (exact) mass is 474 g/mol. The van der Waals surface area contributed by atoms with Crippen molar-refractivity contribution in [1.29, 1.82) is 0 Å². The zero-order chi connectivity index (χ0) is 24.6. The van der Waals surface area contributed by atoms with Gasteiger partial charge in [-0.15, -0.1) is 0 Å². The van der Waals surface area contributed by atoms with Gasteiger partial charge in [-0.1, -0.05) is 12.1 Å². The van der Waals surface area contributed by atoms with Gasteiger partial charge in [0.05, 0.1) is 5.56 Å². The molecule has 0 radical (unpaired) electrons. The molecule has 0 aliphatic heterocycles. The Hall–Kier alpha value is -3.77. The van der Waals surface area contributed by atoms with Crippen LogP contribution >= 0.6 is 0 Å². The summed E-state index contributed by atoms with van der Waals surface area (Å²) in [7, 11) is 0. The maximum atomic E-state index is 13.6. The number of carboxylic acid groups (broad SMARTS) is 1. The van der Waals surface area contributed by atoms with E-state index in [1.54, 1.807) is 12.2 Å². The highest BCUT2D eigenvalue weighted by molar-refractivity contribution is 5.97. The number of halogens is 6. The van der Waals surface area contributed by atoms with Crippen molar-refractivity contribution < 1.29 is 41.0 Å². The minimum atomic E-state index is -5.07. The predicted molar refractivity (Wildman–Crippen MR) is 103 cm³/mol. The van der Waals surface area contributed by atoms with Crippen molar-refractivity contribution in [2.75, 3.05) is 0 Å². The Morgan fingerprint density at radius 3 is 2.42 bits per heavy atom. The van der Waals surface area contributed by atoms with Crippen molar-refractivity contribution in [3.05, 3.63) is 64.5 Å². The predicted octanol–water partition coefficient (Wildman–Crippen LogP) is 4.69. The maximum Gasteiger partial charge on any atom is 0.416 e. The average molecular weight is 474 g/mol. The van der Waals surface area contributed by atoms with Gasteiger partial charge in [0, 0.05) is 17.6 Å². The lowest BCUT2D eigenvalue weighted by Crippen LogP contribution is -2.38. The first-order valence-electron chi connectivity index (χ1n) is 9.26. The molecular weight excluding hydrogens is 458 g/mol. The average Bonchev–Trinajstić information content (AvgIpc) is 3.11. The SMILES string of the molecule is Cc1nc2[nH]c(C(=O)NC(c3cccc(C(F)(F)F)c3)C(F)(F)F)cc2cc1CNC(=O)O. The van der Waals surface area contributed by atoms with Gasteiger partial charge in [-0.2, -0.15) is 26.3 Å². The molecule has 2 amide bonds. The molecule has 0 saturated heterocycles. The van der Waals surface area contributed by atoms with Gasteiger partial charge in [0.15, 0.2) is 6.04 Å². The van der Waals surface area contributed by atoms with Crippen molar-refractivity contribution in [2.24, 2.45) is 0 Å². The third kappa shape index (κ3) is 5.54. The molecule has 1 unspecified atom stereocenters. The van der Waals surface area contributed by atoms with Gasteiger partial charge in [0.1, 0.15) is 11.3 Å². The molecule has 0 aliphatic carbocycles. The summed E-state index contributed by atoms with van der Waals surface area (Å²) in [4.78, 5) is 29.9. The zero-order valence-electron chi connectivity index (χ0n) is 16.7. The molecular formula is C20H16F6N4O3. The summed E-state index contributed by atoms with van der Waals surface area (Å²) in [6, 6.07) is 2.65. The van der Waals surface area contributed by atoms with Crippen LogP contribution in [0.2, 0.25) is 0 Å². The second-order valence-electron chi connectivity index (χ2n) is 7.08. The minimum absolute atomic E-state index is 0.0808. The number of carbonyl (C=O) groups excluding carboxylic acids is 1. The fourth-order valence-corrected chi connectivity index (χ4v) is 3.12. The standard InChI is InChI=1S/C20H16F6N4O3/c1-9-12(8-27-18(32)33)5-11-7-14(29-16(11)28-9)17(31)30-15(20(24,25)26)10-3-2-4-13(6-10)19(21,22)23/h2-7,15,27H,8H2,1H3,(H,28,29)(H,30,31)(H,32,33). The molecule has 33 heavy (non-hydrogen) atoms. The van der Waals surface area contributed by atoms with Crippen molar-refractivity contribution >= 4 is 23.0 Å². The highest BCUT2D eigenvalue weighted by atomic mass is 19.4. The molecule has 1 atom stereocenters. The highest BCUT2D eigenvalue weighted by Gasteiger charge is 2.43. The van der Waals surface area contributed by atoms with Crippen LogP contribution in [0.25, 0.3) is 11.0 Å². The van der Waals surface area contributed by atoms with Crippen LogP contribution in [0.4, 0.5) is 31.1 Å². The van der Waals surface area contributed by atoms with E-state index < -0.39 is 41.5 Å². The molecule has 0 saturated carbocycles. The lowest BCUT2D eigenvalue weighted by atomic mass is 10.0. The van der Waals surface area contributed by atoms with E-state index in [-0.39, 0.29) is 17.9 Å². The van der Waals surface area contributed by atoms with E-state index in [1.165, 1.54) is 12.1 Å². The van der Waals surface area contributed by atoms with E-state index in [9.17, 15) is 35.9 Å². The van der Waals surface area contributed by atoms with E-state index in [2.05, 4.69) is 15.3 Å². The number of hydrogen-bond acceptors (Lipinski definition) is 3. The molecule has 0 aliphatic rings. The number of hydrogen-bond donors (Lipinski definition) is 4. The second-order valence-corrected chi connectivity index (χ2v) is 7.08. The zero-order valence-corrected chi connectivity index (χ0v) is 16.7. The van der Waals surface area contributed by atoms with E-state index in [4.69, 9.17) is 5.11 Å². The van der Waals surface area contributed by atoms with E-state index in [0.29, 0.717) is 28.8 Å². The summed E-state index contributed by atoms with van der Waals surface area (Å²) in [6.45, 7) is 1.49. The fourth-order valence-electron chi connectivity index (χ4n) is 3.12. The number of alkyl halides is 6. The van der Waals surface area contributed by atoms with Crippen LogP contribution in [-0.2, 0) is 12.7 Å². The van der Waals surface area contributed by atoms with Gasteiger partial charge in [-0.3, -0.25) is 4.79 Å². The Balaban J connectivity index is 1.91. The summed E-state index contributed by atoms with van der Waals surface area (Å²) < 4.78 is 79.6. The van der Waals surface area contributed by atoms with Gasteiger partial charge in [0.2, 0.25) is 0 Å². The molecule has 3 aromatic rings. The van der Waals surface area contributed by atoms with Crippen molar-refractivity contribution in [1.82, 2.24) is 20.6 Å². The largest absolute Gasteiger partial charge is 0.465 e. The van der Waals surface area contributed by atoms with Crippen LogP contribution in [0.3, 0.4) is 0 Å². The van der Waals surface area contributed by atoms with E-state index in [0.717, 1.165) is 12.1 Å². The van der Waals surface area contributed by atoms with E-state index in [1.807, 2.05) is 0 Å². The summed E-state index contributed by atoms with van der Waals surface area (Å²) in [5, 5.41) is 12.9. The van der Waals surface area contributed by atoms with Crippen LogP contribution in [0.5, 0.6) is 0 Å². The molecule has 0 spiro atoms. The topological polar surface area (TPSA) is 107 Å². The Morgan fingerprint density at radius 2 is 1.82 bits per heavy atom. The van der Waals surface area contributed by atoms with Crippen LogP contribution in [0, 0.1) is 6.92 Å². The number of H-pyrrole nitrogens is 1.